The number of aliphatic hydroxyl groups is 1. The van der Waals surface area contributed by atoms with Crippen molar-refractivity contribution in [2.45, 2.75) is 12.3 Å². The second kappa shape index (κ2) is 4.21. The predicted molar refractivity (Wildman–Crippen MR) is 59.9 cm³/mol. The highest BCUT2D eigenvalue weighted by Crippen LogP contribution is 2.32. The fraction of sp³-hybridized carbons (Fsp3) is 0.300. The standard InChI is InChI=1S/C10H9F2N5O2/c11-5-1-4(2-18)19-9(5)17-3-14-6-7(13)15-10(12)16-8(6)17/h1,3-4,9,18H,2H2,(H2,13,15,16)/t4-,9+/m0/s1. The number of nitrogens with two attached hydrogens (primary N) is 1. The highest BCUT2D eigenvalue weighted by molar-refractivity contribution is 5.81. The zero-order valence-corrected chi connectivity index (χ0v) is 9.49. The number of nitrogen functional groups attached to an aromatic ring is 1. The first kappa shape index (κ1) is 11.9. The molecular formula is C10H9F2N5O2. The first-order chi connectivity index (χ1) is 9.10. The van der Waals surface area contributed by atoms with Gasteiger partial charge >= 0.3 is 6.08 Å². The lowest BCUT2D eigenvalue weighted by atomic mass is 10.3. The molecule has 100 valence electrons. The molecule has 7 nitrogen and oxygen atoms in total. The number of hydrogen-bond donors (Lipinski definition) is 2. The van der Waals surface area contributed by atoms with Gasteiger partial charge < -0.3 is 15.6 Å². The third-order valence-electron chi connectivity index (χ3n) is 2.74. The molecule has 1 aliphatic heterocycles. The average molecular weight is 269 g/mol. The van der Waals surface area contributed by atoms with Gasteiger partial charge in [0.2, 0.25) is 0 Å². The zero-order chi connectivity index (χ0) is 13.6. The lowest BCUT2D eigenvalue weighted by Gasteiger charge is -2.14. The van der Waals surface area contributed by atoms with Crippen LogP contribution in [0.2, 0.25) is 0 Å². The Balaban J connectivity index is 2.10. The summed E-state index contributed by atoms with van der Waals surface area (Å²) in [5.41, 5.74) is 5.68. The van der Waals surface area contributed by atoms with E-state index in [4.69, 9.17) is 15.6 Å². The molecule has 2 aromatic heterocycles. The van der Waals surface area contributed by atoms with Crippen molar-refractivity contribution >= 4 is 17.0 Å². The monoisotopic (exact) mass is 269 g/mol. The molecule has 0 saturated carbocycles. The third-order valence-corrected chi connectivity index (χ3v) is 2.74. The number of aliphatic hydroxyl groups excluding tert-OH is 1. The van der Waals surface area contributed by atoms with Crippen LogP contribution in [0.5, 0.6) is 0 Å². The molecule has 19 heavy (non-hydrogen) atoms. The molecule has 0 amide bonds. The highest BCUT2D eigenvalue weighted by atomic mass is 19.1. The molecule has 2 aromatic rings. The van der Waals surface area contributed by atoms with Crippen LogP contribution in [0.4, 0.5) is 14.6 Å². The molecule has 3 rings (SSSR count). The van der Waals surface area contributed by atoms with Gasteiger partial charge in [-0.25, -0.2) is 9.37 Å². The number of anilines is 1. The van der Waals surface area contributed by atoms with E-state index in [-0.39, 0.29) is 23.6 Å². The molecule has 0 radical (unpaired) electrons. The Kier molecular flexibility index (Phi) is 2.64. The van der Waals surface area contributed by atoms with Crippen molar-refractivity contribution in [2.24, 2.45) is 0 Å². The van der Waals surface area contributed by atoms with Crippen LogP contribution in [0.1, 0.15) is 6.23 Å². The summed E-state index contributed by atoms with van der Waals surface area (Å²) in [6.45, 7) is -0.359. The maximum Gasteiger partial charge on any atom is 0.312 e. The number of imidazole rings is 1. The van der Waals surface area contributed by atoms with E-state index in [2.05, 4.69) is 15.0 Å². The summed E-state index contributed by atoms with van der Waals surface area (Å²) in [4.78, 5) is 10.8. The maximum absolute atomic E-state index is 13.7. The largest absolute Gasteiger partial charge is 0.393 e. The maximum atomic E-state index is 13.7. The van der Waals surface area contributed by atoms with E-state index in [1.165, 1.54) is 10.9 Å². The van der Waals surface area contributed by atoms with Crippen LogP contribution >= 0.6 is 0 Å². The molecule has 0 aromatic carbocycles. The van der Waals surface area contributed by atoms with Gasteiger partial charge in [-0.1, -0.05) is 0 Å². The number of aromatic nitrogens is 4. The van der Waals surface area contributed by atoms with Crippen LogP contribution in [0.25, 0.3) is 11.2 Å². The summed E-state index contributed by atoms with van der Waals surface area (Å²) < 4.78 is 33.3. The normalized spacial score (nSPS) is 23.0. The van der Waals surface area contributed by atoms with Gasteiger partial charge in [-0.2, -0.15) is 14.4 Å². The average Bonchev–Trinajstić information content (AvgIpc) is 2.92. The fourth-order valence-corrected chi connectivity index (χ4v) is 1.91. The van der Waals surface area contributed by atoms with Gasteiger partial charge in [0.05, 0.1) is 12.9 Å². The SMILES string of the molecule is Nc1nc(F)nc2c1ncn2[C@@H]1O[C@H](CO)C=C1F. The lowest BCUT2D eigenvalue weighted by molar-refractivity contribution is -0.0174. The zero-order valence-electron chi connectivity index (χ0n) is 9.49. The smallest absolute Gasteiger partial charge is 0.312 e. The van der Waals surface area contributed by atoms with E-state index >= 15 is 0 Å². The number of ether oxygens (including phenoxy) is 1. The molecule has 0 spiro atoms. The Morgan fingerprint density at radius 2 is 2.21 bits per heavy atom. The minimum atomic E-state index is -1.14. The fourth-order valence-electron chi connectivity index (χ4n) is 1.91. The van der Waals surface area contributed by atoms with Gasteiger partial charge in [-0.05, 0) is 6.08 Å². The van der Waals surface area contributed by atoms with Gasteiger partial charge in [0, 0.05) is 0 Å². The van der Waals surface area contributed by atoms with Crippen LogP contribution in [0, 0.1) is 6.08 Å². The van der Waals surface area contributed by atoms with E-state index in [1.807, 2.05) is 0 Å². The molecule has 0 unspecified atom stereocenters. The van der Waals surface area contributed by atoms with Gasteiger partial charge in [-0.3, -0.25) is 4.57 Å². The van der Waals surface area contributed by atoms with E-state index in [9.17, 15) is 8.78 Å². The number of hydrogen-bond acceptors (Lipinski definition) is 6. The molecule has 0 bridgehead atoms. The van der Waals surface area contributed by atoms with Crippen molar-refractivity contribution in [3.05, 3.63) is 24.3 Å². The minimum Gasteiger partial charge on any atom is -0.393 e. The summed E-state index contributed by atoms with van der Waals surface area (Å²) in [7, 11) is 0. The molecule has 0 aliphatic carbocycles. The van der Waals surface area contributed by atoms with Crippen LogP contribution in [-0.4, -0.2) is 37.3 Å². The summed E-state index contributed by atoms with van der Waals surface area (Å²) >= 11 is 0. The Morgan fingerprint density at radius 3 is 2.89 bits per heavy atom. The predicted octanol–water partition coefficient (Wildman–Crippen LogP) is 0.291. The van der Waals surface area contributed by atoms with Gasteiger partial charge in [0.15, 0.2) is 23.2 Å². The van der Waals surface area contributed by atoms with Crippen LogP contribution in [0.3, 0.4) is 0 Å². The van der Waals surface area contributed by atoms with Crippen molar-refractivity contribution in [1.29, 1.82) is 0 Å². The Morgan fingerprint density at radius 1 is 1.42 bits per heavy atom. The lowest BCUT2D eigenvalue weighted by Crippen LogP contribution is -2.16. The van der Waals surface area contributed by atoms with Crippen LogP contribution in [0.15, 0.2) is 18.2 Å². The molecule has 0 saturated heterocycles. The number of nitrogens with zero attached hydrogens (tertiary/aromatic N) is 4. The van der Waals surface area contributed by atoms with Crippen molar-refractivity contribution < 1.29 is 18.6 Å². The second-order valence-corrected chi connectivity index (χ2v) is 3.96. The number of fused-ring (bicyclic) bond motifs is 1. The summed E-state index contributed by atoms with van der Waals surface area (Å²) in [5, 5.41) is 8.93. The van der Waals surface area contributed by atoms with Crippen LogP contribution in [-0.2, 0) is 4.74 Å². The Bertz CT molecular complexity index is 671. The summed E-state index contributed by atoms with van der Waals surface area (Å²) in [6, 6.07) is 0. The first-order valence-electron chi connectivity index (χ1n) is 5.39. The first-order valence-corrected chi connectivity index (χ1v) is 5.39. The van der Waals surface area contributed by atoms with Gasteiger partial charge in [0.1, 0.15) is 11.9 Å². The second-order valence-electron chi connectivity index (χ2n) is 3.96. The molecule has 9 heteroatoms. The number of halogens is 2. The highest BCUT2D eigenvalue weighted by Gasteiger charge is 2.30. The van der Waals surface area contributed by atoms with Crippen molar-refractivity contribution in [3.63, 3.8) is 0 Å². The van der Waals surface area contributed by atoms with E-state index in [1.54, 1.807) is 0 Å². The quantitative estimate of drug-likeness (QED) is 0.760. The molecule has 0 fully saturated rings. The number of rotatable bonds is 2. The van der Waals surface area contributed by atoms with Crippen molar-refractivity contribution in [3.8, 4) is 0 Å². The van der Waals surface area contributed by atoms with Gasteiger partial charge in [-0.15, -0.1) is 0 Å². The van der Waals surface area contributed by atoms with E-state index in [0.29, 0.717) is 0 Å². The molecule has 3 heterocycles. The summed E-state index contributed by atoms with van der Waals surface area (Å²) in [6.07, 6.45) is -0.570. The molecular weight excluding hydrogens is 260 g/mol. The van der Waals surface area contributed by atoms with E-state index in [0.717, 1.165) is 6.08 Å². The van der Waals surface area contributed by atoms with Gasteiger partial charge in [0.25, 0.3) is 0 Å². The Hall–Kier alpha value is -2.13. The minimum absolute atomic E-state index is 0.0251. The molecule has 1 aliphatic rings. The molecule has 2 atom stereocenters. The van der Waals surface area contributed by atoms with E-state index < -0.39 is 24.2 Å². The molecule has 3 N–H and O–H groups in total. The van der Waals surface area contributed by atoms with Crippen molar-refractivity contribution in [2.75, 3.05) is 12.3 Å². The van der Waals surface area contributed by atoms with Crippen molar-refractivity contribution in [1.82, 2.24) is 19.5 Å². The van der Waals surface area contributed by atoms with Crippen LogP contribution < -0.4 is 5.73 Å². The Labute approximate surface area is 105 Å². The third kappa shape index (κ3) is 1.83. The topological polar surface area (TPSA) is 99.1 Å². The summed E-state index contributed by atoms with van der Waals surface area (Å²) in [5.74, 6) is -0.752.